The summed E-state index contributed by atoms with van der Waals surface area (Å²) in [5.74, 6) is -1.02. The standard InChI is InChI=1S/C30H26N4O2.C28H30N4O3.C25H23Cl2N5O2.C23H18F3N3O2/c31-29-33-30(24-12-6-2-7-13-24,25-14-8-3-9-15-25)28(36)34(29)21-23-16-18-26(19-17-23)32-27(35)20-22-10-4-1-5-11-22;1-2-35-18-10-17-30-25(33)22-12-9-11-21(19-22)20-32-26(34)28(31-27(32)29,23-13-5-3-6-14-23)24-15-7-4-8-16-24;1-25(22(33)32(2)23(28)31-25)17-7-5-6-15(12-17)19-13-18(26)11-10-16(19)14-29-24(34)30-21-9-4-3-8-20(21)27;24-23(25,26)31-19-13-11-16(12-14-19)15-29-20(30)22(28-21(29)27,17-7-3-1-4-8-17)18-9-5-2-6-10-18/h1-19H,20-21H2,(H2,31,33)(H,32,35);3-9,11-16,19H,2,10,17-18,20H2,1H3,(H2,29,31)(H,30,33);3-13H,14H2,1-2H3,(H2,28,31)(H2,29,30,34);1-14H,15H2,(H2,27,28). The van der Waals surface area contributed by atoms with Crippen molar-refractivity contribution in [3.63, 3.8) is 0 Å². The first kappa shape index (κ1) is 96.0. The van der Waals surface area contributed by atoms with Crippen molar-refractivity contribution in [2.75, 3.05) is 37.4 Å². The molecular weight excluding hydrogens is 1770 g/mol. The number of carbonyl (C=O) groups excluding carboxylic acids is 7. The lowest BCUT2D eigenvalue weighted by Gasteiger charge is -2.27. The number of nitrogens with one attached hydrogen (secondary N) is 4. The van der Waals surface area contributed by atoms with Crippen LogP contribution in [0.4, 0.5) is 29.3 Å². The molecular formula is C106H97Cl2F3N16O9. The predicted molar refractivity (Wildman–Crippen MR) is 522 cm³/mol. The molecule has 0 saturated carbocycles. The second-order valence-electron chi connectivity index (χ2n) is 32.1. The number of benzene rings is 13. The topological polar surface area (TPSA) is 353 Å². The number of nitrogens with zero attached hydrogens (tertiary/aromatic N) is 8. The van der Waals surface area contributed by atoms with Crippen molar-refractivity contribution in [3.05, 3.63) is 434 Å². The van der Waals surface area contributed by atoms with Crippen molar-refractivity contribution in [1.29, 1.82) is 0 Å². The fraction of sp³-hybridized carbons (Fsp3) is 0.160. The minimum absolute atomic E-state index is 0.0355. The van der Waals surface area contributed by atoms with Gasteiger partial charge in [-0.05, 0) is 165 Å². The molecule has 136 heavy (non-hydrogen) atoms. The summed E-state index contributed by atoms with van der Waals surface area (Å²) in [6.07, 6.45) is -3.72. The average Bonchev–Trinajstić information content (AvgIpc) is 1.56. The number of aliphatic imine (C=N–C) groups is 4. The van der Waals surface area contributed by atoms with Gasteiger partial charge in [0.15, 0.2) is 46.0 Å². The normalized spacial score (nSPS) is 15.5. The zero-order valence-electron chi connectivity index (χ0n) is 74.3. The number of amides is 8. The molecule has 30 heteroatoms. The number of likely N-dealkylation sites (N-methyl/N-ethyl adjacent to an activating group) is 1. The molecule has 0 radical (unpaired) electrons. The summed E-state index contributed by atoms with van der Waals surface area (Å²) in [6, 6.07) is 105. The van der Waals surface area contributed by atoms with Gasteiger partial charge in [0.05, 0.1) is 36.8 Å². The van der Waals surface area contributed by atoms with Crippen LogP contribution in [0.3, 0.4) is 0 Å². The SMILES string of the molecule is CCOCCCNC(=O)c1cccc(CN2C(=O)C(c3ccccc3)(c3ccccc3)N=C2N)c1.CN1C(=O)C(C)(c2cccc(-c3cc(Cl)ccc3CNC(=O)Nc3ccccc3Cl)c2)N=C1N.NC1=NC(c2ccccc2)(c2ccccc2)C(=O)N1Cc1ccc(NC(=O)Cc2ccccc2)cc1.NC1=NC(c2ccccc2)(c2ccccc2)C(=O)N1Cc1ccc(OC(F)(F)F)cc1. The van der Waals surface area contributed by atoms with Gasteiger partial charge in [-0.2, -0.15) is 0 Å². The molecule has 13 aromatic rings. The third kappa shape index (κ3) is 22.0. The molecule has 4 aliphatic rings. The van der Waals surface area contributed by atoms with Crippen LogP contribution in [-0.2, 0) is 83.5 Å². The lowest BCUT2D eigenvalue weighted by Crippen LogP contribution is -2.43. The summed E-state index contributed by atoms with van der Waals surface area (Å²) in [4.78, 5) is 116. The Morgan fingerprint density at radius 2 is 0.860 bits per heavy atom. The van der Waals surface area contributed by atoms with Gasteiger partial charge in [-0.25, -0.2) is 24.8 Å². The highest BCUT2D eigenvalue weighted by atomic mass is 35.5. The van der Waals surface area contributed by atoms with Crippen LogP contribution in [0, 0.1) is 0 Å². The summed E-state index contributed by atoms with van der Waals surface area (Å²) in [5.41, 5.74) is 32.3. The first-order valence-corrected chi connectivity index (χ1v) is 44.3. The van der Waals surface area contributed by atoms with E-state index in [9.17, 15) is 46.7 Å². The molecule has 4 heterocycles. The predicted octanol–water partition coefficient (Wildman–Crippen LogP) is 17.1. The lowest BCUT2D eigenvalue weighted by molar-refractivity contribution is -0.274. The Morgan fingerprint density at radius 1 is 0.434 bits per heavy atom. The third-order valence-electron chi connectivity index (χ3n) is 23.0. The van der Waals surface area contributed by atoms with Crippen molar-refractivity contribution in [2.45, 2.75) is 81.4 Å². The van der Waals surface area contributed by atoms with E-state index in [4.69, 9.17) is 60.9 Å². The van der Waals surface area contributed by atoms with E-state index in [0.29, 0.717) is 75.4 Å². The zero-order valence-corrected chi connectivity index (χ0v) is 75.8. The number of rotatable bonds is 27. The van der Waals surface area contributed by atoms with E-state index in [1.807, 2.05) is 286 Å². The van der Waals surface area contributed by atoms with Crippen molar-refractivity contribution < 1.29 is 56.2 Å². The Kier molecular flexibility index (Phi) is 30.4. The second kappa shape index (κ2) is 43.1. The Labute approximate surface area is 794 Å². The number of para-hydroxylation sites is 1. The van der Waals surface area contributed by atoms with Crippen molar-refractivity contribution >= 4 is 99.9 Å². The monoisotopic (exact) mass is 1860 g/mol. The fourth-order valence-electron chi connectivity index (χ4n) is 16.2. The molecule has 0 bridgehead atoms. The van der Waals surface area contributed by atoms with E-state index in [0.717, 1.165) is 62.1 Å². The van der Waals surface area contributed by atoms with Gasteiger partial charge in [0.25, 0.3) is 29.5 Å². The number of urea groups is 1. The van der Waals surface area contributed by atoms with Crippen LogP contribution in [-0.4, -0.2) is 118 Å². The Morgan fingerprint density at radius 3 is 1.31 bits per heavy atom. The number of anilines is 2. The largest absolute Gasteiger partial charge is 0.573 e. The van der Waals surface area contributed by atoms with Gasteiger partial charge < -0.3 is 53.7 Å². The number of hydrogen-bond acceptors (Lipinski definition) is 17. The van der Waals surface area contributed by atoms with Gasteiger partial charge in [0.1, 0.15) is 5.75 Å². The molecule has 1 atom stereocenters. The molecule has 0 fully saturated rings. The van der Waals surface area contributed by atoms with Gasteiger partial charge in [-0.1, -0.05) is 308 Å². The molecule has 13 aromatic carbocycles. The highest BCUT2D eigenvalue weighted by molar-refractivity contribution is 6.33. The van der Waals surface area contributed by atoms with Crippen LogP contribution in [0.5, 0.6) is 5.75 Å². The van der Waals surface area contributed by atoms with E-state index in [-0.39, 0.29) is 97.2 Å². The van der Waals surface area contributed by atoms with E-state index >= 15 is 0 Å². The van der Waals surface area contributed by atoms with Crippen LogP contribution in [0.2, 0.25) is 10.0 Å². The van der Waals surface area contributed by atoms with Crippen LogP contribution in [0.15, 0.2) is 372 Å². The summed E-state index contributed by atoms with van der Waals surface area (Å²) < 4.78 is 46.3. The van der Waals surface area contributed by atoms with E-state index in [1.165, 1.54) is 43.9 Å². The van der Waals surface area contributed by atoms with Gasteiger partial charge in [0, 0.05) is 49.6 Å². The Bertz CT molecular complexity index is 6460. The highest BCUT2D eigenvalue weighted by Crippen LogP contribution is 2.45. The van der Waals surface area contributed by atoms with Crippen LogP contribution in [0.1, 0.15) is 97.4 Å². The molecule has 690 valence electrons. The number of nitrogens with two attached hydrogens (primary N) is 4. The van der Waals surface area contributed by atoms with Crippen molar-refractivity contribution in [1.82, 2.24) is 30.2 Å². The summed E-state index contributed by atoms with van der Waals surface area (Å²) in [5, 5.41) is 12.4. The maximum absolute atomic E-state index is 13.9. The van der Waals surface area contributed by atoms with Crippen molar-refractivity contribution in [3.8, 4) is 16.9 Å². The molecule has 0 saturated heterocycles. The summed E-state index contributed by atoms with van der Waals surface area (Å²) in [7, 11) is 1.60. The molecule has 12 N–H and O–H groups in total. The molecule has 0 aliphatic carbocycles. The maximum Gasteiger partial charge on any atom is 0.573 e. The van der Waals surface area contributed by atoms with Gasteiger partial charge in [0.2, 0.25) is 5.91 Å². The number of ether oxygens (including phenoxy) is 2. The summed E-state index contributed by atoms with van der Waals surface area (Å²) >= 11 is 12.4. The average molecular weight is 1870 g/mol. The van der Waals surface area contributed by atoms with Crippen LogP contribution >= 0.6 is 23.2 Å². The molecule has 0 aromatic heterocycles. The second-order valence-corrected chi connectivity index (χ2v) is 32.9. The number of halogens is 5. The molecule has 25 nitrogen and oxygen atoms in total. The minimum atomic E-state index is -4.77. The van der Waals surface area contributed by atoms with Crippen molar-refractivity contribution in [2.24, 2.45) is 42.9 Å². The fourth-order valence-corrected chi connectivity index (χ4v) is 16.5. The lowest BCUT2D eigenvalue weighted by atomic mass is 9.83. The van der Waals surface area contributed by atoms with Crippen LogP contribution in [0.25, 0.3) is 11.1 Å². The Hall–Kier alpha value is -16.0. The molecule has 0 spiro atoms. The molecule has 8 amide bonds. The van der Waals surface area contributed by atoms with Gasteiger partial charge in [-0.15, -0.1) is 13.2 Å². The van der Waals surface area contributed by atoms with E-state index in [1.54, 1.807) is 62.5 Å². The van der Waals surface area contributed by atoms with Gasteiger partial charge >= 0.3 is 12.4 Å². The summed E-state index contributed by atoms with van der Waals surface area (Å²) in [6.45, 7) is 6.27. The number of alkyl halides is 3. The Balaban J connectivity index is 0.000000145. The zero-order chi connectivity index (χ0) is 96.2. The molecule has 1 unspecified atom stereocenters. The number of carbonyl (C=O) groups is 7. The van der Waals surface area contributed by atoms with E-state index < -0.39 is 28.5 Å². The quantitative estimate of drug-likeness (QED) is 0.0222. The first-order valence-electron chi connectivity index (χ1n) is 43.5. The molecule has 4 aliphatic heterocycles. The maximum atomic E-state index is 13.9. The first-order chi connectivity index (χ1) is 65.6. The number of hydrogen-bond donors (Lipinski definition) is 8. The number of guanidine groups is 4. The smallest absolute Gasteiger partial charge is 0.406 e. The molecule has 17 rings (SSSR count). The minimum Gasteiger partial charge on any atom is -0.406 e. The van der Waals surface area contributed by atoms with Gasteiger partial charge in [-0.3, -0.25) is 48.4 Å². The van der Waals surface area contributed by atoms with E-state index in [2.05, 4.69) is 36.0 Å². The third-order valence-corrected chi connectivity index (χ3v) is 23.6. The highest BCUT2D eigenvalue weighted by Gasteiger charge is 2.54. The van der Waals surface area contributed by atoms with Crippen LogP contribution < -0.4 is 48.9 Å².